The molecule has 2 aromatic carbocycles. The number of amides is 1. The molecule has 0 aliphatic heterocycles. The van der Waals surface area contributed by atoms with Crippen molar-refractivity contribution in [3.8, 4) is 0 Å². The SMILES string of the molecule is CN(C)C[C@]1(O)CC2CC[C@@H](C1)C2S(=O)(=O)c1cc(C(=O)Nc2cc(F)c(F)c(F)c2)ccc1Cl. The number of carbonyl (C=O) groups is 1. The number of fused-ring (bicyclic) bond motifs is 2. The van der Waals surface area contributed by atoms with E-state index in [4.69, 9.17) is 11.6 Å². The van der Waals surface area contributed by atoms with Crippen LogP contribution in [0.25, 0.3) is 0 Å². The summed E-state index contributed by atoms with van der Waals surface area (Å²) in [5.74, 6) is -5.94. The van der Waals surface area contributed by atoms with E-state index in [9.17, 15) is 31.5 Å². The smallest absolute Gasteiger partial charge is 0.255 e. The van der Waals surface area contributed by atoms with Gasteiger partial charge in [-0.3, -0.25) is 4.79 Å². The first-order chi connectivity index (χ1) is 16.3. The van der Waals surface area contributed by atoms with Crippen LogP contribution < -0.4 is 5.32 Å². The van der Waals surface area contributed by atoms with Crippen LogP contribution in [0, 0.1) is 29.3 Å². The maximum Gasteiger partial charge on any atom is 0.255 e. The summed E-state index contributed by atoms with van der Waals surface area (Å²) in [6.45, 7) is 0.438. The maximum absolute atomic E-state index is 13.7. The molecule has 2 saturated carbocycles. The minimum Gasteiger partial charge on any atom is -0.389 e. The van der Waals surface area contributed by atoms with Gasteiger partial charge in [-0.1, -0.05) is 11.6 Å². The third-order valence-electron chi connectivity index (χ3n) is 6.83. The third-order valence-corrected chi connectivity index (χ3v) is 9.71. The number of nitrogens with one attached hydrogen (secondary N) is 1. The van der Waals surface area contributed by atoms with Crippen LogP contribution >= 0.6 is 11.6 Å². The first-order valence-electron chi connectivity index (χ1n) is 11.2. The summed E-state index contributed by atoms with van der Waals surface area (Å²) in [5, 5.41) is 12.5. The third kappa shape index (κ3) is 5.07. The molecule has 2 aliphatic carbocycles. The fourth-order valence-electron chi connectivity index (χ4n) is 5.70. The van der Waals surface area contributed by atoms with E-state index in [1.54, 1.807) is 0 Å². The van der Waals surface area contributed by atoms with Gasteiger partial charge in [0, 0.05) is 29.9 Å². The van der Waals surface area contributed by atoms with Gasteiger partial charge in [-0.25, -0.2) is 21.6 Å². The van der Waals surface area contributed by atoms with Gasteiger partial charge in [0.1, 0.15) is 0 Å². The summed E-state index contributed by atoms with van der Waals surface area (Å²) in [4.78, 5) is 14.4. The number of rotatable bonds is 6. The van der Waals surface area contributed by atoms with E-state index in [0.717, 1.165) is 6.07 Å². The Morgan fingerprint density at radius 2 is 1.69 bits per heavy atom. The van der Waals surface area contributed by atoms with Crippen LogP contribution in [0.1, 0.15) is 36.0 Å². The molecule has 2 aliphatic rings. The molecule has 35 heavy (non-hydrogen) atoms. The number of likely N-dealkylation sites (N-methyl/N-ethyl adjacent to an activating group) is 1. The predicted octanol–water partition coefficient (Wildman–Crippen LogP) is 4.26. The molecule has 0 aromatic heterocycles. The fourth-order valence-corrected chi connectivity index (χ4v) is 8.54. The van der Waals surface area contributed by atoms with Crippen LogP contribution in [-0.4, -0.2) is 55.8 Å². The van der Waals surface area contributed by atoms with Crippen LogP contribution in [0.5, 0.6) is 0 Å². The number of benzene rings is 2. The zero-order valence-corrected chi connectivity index (χ0v) is 20.8. The summed E-state index contributed by atoms with van der Waals surface area (Å²) in [7, 11) is -0.252. The lowest BCUT2D eigenvalue weighted by molar-refractivity contribution is -0.0363. The molecule has 0 saturated heterocycles. The van der Waals surface area contributed by atoms with Crippen molar-refractivity contribution in [1.82, 2.24) is 4.90 Å². The quantitative estimate of drug-likeness (QED) is 0.545. The molecular weight excluding hydrogens is 505 g/mol. The van der Waals surface area contributed by atoms with E-state index in [1.165, 1.54) is 12.1 Å². The average molecular weight is 531 g/mol. The van der Waals surface area contributed by atoms with E-state index in [2.05, 4.69) is 5.32 Å². The molecule has 6 nitrogen and oxygen atoms in total. The summed E-state index contributed by atoms with van der Waals surface area (Å²) >= 11 is 6.26. The largest absolute Gasteiger partial charge is 0.389 e. The van der Waals surface area contributed by atoms with Gasteiger partial charge < -0.3 is 15.3 Å². The van der Waals surface area contributed by atoms with Gasteiger partial charge in [0.2, 0.25) is 0 Å². The molecule has 190 valence electrons. The van der Waals surface area contributed by atoms with Gasteiger partial charge in [-0.15, -0.1) is 0 Å². The Labute approximate surface area is 207 Å². The average Bonchev–Trinajstić information content (AvgIpc) is 3.04. The number of hydrogen-bond donors (Lipinski definition) is 2. The molecule has 2 aromatic rings. The molecule has 2 N–H and O–H groups in total. The molecule has 0 radical (unpaired) electrons. The zero-order chi connectivity index (χ0) is 25.7. The Morgan fingerprint density at radius 1 is 1.11 bits per heavy atom. The second-order valence-electron chi connectivity index (χ2n) is 9.83. The number of aliphatic hydroxyl groups is 1. The first-order valence-corrected chi connectivity index (χ1v) is 13.1. The van der Waals surface area contributed by atoms with Gasteiger partial charge in [0.25, 0.3) is 5.91 Å². The van der Waals surface area contributed by atoms with E-state index in [0.29, 0.717) is 44.4 Å². The Bertz CT molecular complexity index is 1230. The van der Waals surface area contributed by atoms with Crippen molar-refractivity contribution < 1.29 is 31.5 Å². The maximum atomic E-state index is 13.7. The minimum atomic E-state index is -3.96. The lowest BCUT2D eigenvalue weighted by Gasteiger charge is -2.42. The molecule has 4 rings (SSSR count). The summed E-state index contributed by atoms with van der Waals surface area (Å²) in [6, 6.07) is 4.96. The lowest BCUT2D eigenvalue weighted by Crippen LogP contribution is -2.50. The Hall–Kier alpha value is -2.14. The highest BCUT2D eigenvalue weighted by Crippen LogP contribution is 2.51. The number of anilines is 1. The highest BCUT2D eigenvalue weighted by Gasteiger charge is 2.54. The monoisotopic (exact) mass is 530 g/mol. The first kappa shape index (κ1) is 25.9. The molecule has 2 fully saturated rings. The minimum absolute atomic E-state index is 0.0473. The van der Waals surface area contributed by atoms with Crippen molar-refractivity contribution in [3.63, 3.8) is 0 Å². The highest BCUT2D eigenvalue weighted by molar-refractivity contribution is 7.92. The lowest BCUT2D eigenvalue weighted by atomic mass is 9.77. The molecule has 2 unspecified atom stereocenters. The second kappa shape index (κ2) is 9.38. The molecule has 1 amide bonds. The van der Waals surface area contributed by atoms with E-state index in [-0.39, 0.29) is 33.0 Å². The summed E-state index contributed by atoms with van der Waals surface area (Å²) in [6.07, 6.45) is 2.05. The predicted molar refractivity (Wildman–Crippen MR) is 126 cm³/mol. The van der Waals surface area contributed by atoms with Gasteiger partial charge in [0.15, 0.2) is 27.3 Å². The number of nitrogens with zero attached hydrogens (tertiary/aromatic N) is 1. The van der Waals surface area contributed by atoms with Gasteiger partial charge in [0.05, 0.1) is 20.8 Å². The molecular formula is C24H26ClF3N2O4S. The summed E-state index contributed by atoms with van der Waals surface area (Å²) in [5.41, 5.74) is -1.38. The zero-order valence-electron chi connectivity index (χ0n) is 19.2. The van der Waals surface area contributed by atoms with Crippen molar-refractivity contribution in [1.29, 1.82) is 0 Å². The second-order valence-corrected chi connectivity index (χ2v) is 12.3. The van der Waals surface area contributed by atoms with Crippen LogP contribution in [0.4, 0.5) is 18.9 Å². The fraction of sp³-hybridized carbons (Fsp3) is 0.458. The number of sulfone groups is 1. The number of halogens is 4. The van der Waals surface area contributed by atoms with Crippen molar-refractivity contribution in [2.24, 2.45) is 11.8 Å². The Morgan fingerprint density at radius 3 is 2.23 bits per heavy atom. The standard InChI is InChI=1S/C24H26ClF3N2O4S/c1-30(2)12-24(32)10-14-3-4-15(11-24)22(14)35(33,34)20-7-13(5-6-17(20)25)23(31)29-16-8-18(26)21(28)19(27)9-16/h5-9,14-15,22,32H,3-4,10-12H2,1-2H3,(H,29,31)/t14-,15?,22?,24+/m0/s1. The van der Waals surface area contributed by atoms with Gasteiger partial charge in [-0.2, -0.15) is 0 Å². The summed E-state index contributed by atoms with van der Waals surface area (Å²) < 4.78 is 67.6. The topological polar surface area (TPSA) is 86.7 Å². The number of carbonyl (C=O) groups excluding carboxylic acids is 1. The Balaban J connectivity index is 1.61. The highest BCUT2D eigenvalue weighted by atomic mass is 35.5. The molecule has 0 heterocycles. The van der Waals surface area contributed by atoms with Crippen molar-refractivity contribution in [2.75, 3.05) is 26.0 Å². The van der Waals surface area contributed by atoms with Crippen LogP contribution in [0.15, 0.2) is 35.2 Å². The number of hydrogen-bond acceptors (Lipinski definition) is 5. The van der Waals surface area contributed by atoms with Gasteiger partial charge in [-0.05, 0) is 69.8 Å². The van der Waals surface area contributed by atoms with Crippen molar-refractivity contribution in [3.05, 3.63) is 58.4 Å². The molecule has 0 spiro atoms. The molecule has 2 bridgehead atoms. The molecule has 11 heteroatoms. The van der Waals surface area contributed by atoms with E-state index < -0.39 is 44.0 Å². The van der Waals surface area contributed by atoms with Gasteiger partial charge >= 0.3 is 0 Å². The Kier molecular flexibility index (Phi) is 6.95. The van der Waals surface area contributed by atoms with E-state index in [1.807, 2.05) is 19.0 Å². The van der Waals surface area contributed by atoms with Crippen molar-refractivity contribution in [2.45, 2.75) is 41.4 Å². The van der Waals surface area contributed by atoms with Crippen LogP contribution in [0.2, 0.25) is 5.02 Å². The van der Waals surface area contributed by atoms with Crippen molar-refractivity contribution >= 4 is 33.0 Å². The molecule has 4 atom stereocenters. The van der Waals surface area contributed by atoms with Crippen LogP contribution in [0.3, 0.4) is 0 Å². The normalized spacial score (nSPS) is 26.2. The van der Waals surface area contributed by atoms with Crippen LogP contribution in [-0.2, 0) is 9.84 Å². The van der Waals surface area contributed by atoms with E-state index >= 15 is 0 Å².